The predicted octanol–water partition coefficient (Wildman–Crippen LogP) is 5.84. The maximum absolute atomic E-state index is 2.48. The van der Waals surface area contributed by atoms with Crippen LogP contribution in [0.25, 0.3) is 0 Å². The van der Waals surface area contributed by atoms with Gasteiger partial charge in [-0.3, -0.25) is 0 Å². The Morgan fingerprint density at radius 3 is 1.21 bits per heavy atom. The molecule has 19 heavy (non-hydrogen) atoms. The Hall–Kier alpha value is -1.04. The highest BCUT2D eigenvalue weighted by Gasteiger charge is 2.41. The molecule has 0 bridgehead atoms. The van der Waals surface area contributed by atoms with Crippen molar-refractivity contribution in [2.24, 2.45) is 17.3 Å². The van der Waals surface area contributed by atoms with Gasteiger partial charge in [-0.2, -0.15) is 0 Å². The first-order valence-corrected chi connectivity index (χ1v) is 7.40. The van der Waals surface area contributed by atoms with Crippen LogP contribution in [-0.2, 0) is 0 Å². The molecule has 0 fully saturated rings. The summed E-state index contributed by atoms with van der Waals surface area (Å²) < 4.78 is 0. The molecule has 2 aliphatic carbocycles. The largest absolute Gasteiger partial charge is 0.0736 e. The van der Waals surface area contributed by atoms with Gasteiger partial charge >= 0.3 is 0 Å². The van der Waals surface area contributed by atoms with Crippen LogP contribution >= 0.6 is 0 Å². The van der Waals surface area contributed by atoms with Crippen LogP contribution in [0.4, 0.5) is 0 Å². The van der Waals surface area contributed by atoms with Crippen LogP contribution < -0.4 is 0 Å². The van der Waals surface area contributed by atoms with Crippen molar-refractivity contribution in [3.63, 3.8) is 0 Å². The molecule has 0 heterocycles. The van der Waals surface area contributed by atoms with Gasteiger partial charge in [0.15, 0.2) is 0 Å². The molecule has 104 valence electrons. The van der Waals surface area contributed by atoms with Crippen molar-refractivity contribution in [3.05, 3.63) is 45.6 Å². The maximum atomic E-state index is 2.48. The molecule has 2 unspecified atom stereocenters. The summed E-state index contributed by atoms with van der Waals surface area (Å²) in [5.74, 6) is 1.14. The SMILES string of the molecule is CC1=CC(C(C)(C)C2C=C(C)C(C)=C2C)C(C)=C1C. The van der Waals surface area contributed by atoms with Crippen LogP contribution in [0.1, 0.15) is 55.4 Å². The van der Waals surface area contributed by atoms with E-state index in [1.54, 1.807) is 11.1 Å². The van der Waals surface area contributed by atoms with Crippen LogP contribution in [0.3, 0.4) is 0 Å². The summed E-state index contributed by atoms with van der Waals surface area (Å²) in [5.41, 5.74) is 9.30. The fourth-order valence-corrected chi connectivity index (χ4v) is 3.83. The van der Waals surface area contributed by atoms with Crippen molar-refractivity contribution in [3.8, 4) is 0 Å². The number of hydrogen-bond donors (Lipinski definition) is 0. The molecule has 0 nitrogen and oxygen atoms in total. The molecule has 0 saturated carbocycles. The van der Waals surface area contributed by atoms with Gasteiger partial charge in [-0.25, -0.2) is 0 Å². The standard InChI is InChI=1S/C19H28/c1-11-9-17(15(5)13(11)3)19(7,8)18-10-12(2)14(4)16(18)6/h9-10,17-18H,1-8H3. The van der Waals surface area contributed by atoms with Crippen molar-refractivity contribution < 1.29 is 0 Å². The highest BCUT2D eigenvalue weighted by Crippen LogP contribution is 2.51. The van der Waals surface area contributed by atoms with Crippen molar-refractivity contribution in [2.75, 3.05) is 0 Å². The molecule has 0 aromatic heterocycles. The molecule has 2 atom stereocenters. The fraction of sp³-hybridized carbons (Fsp3) is 0.579. The van der Waals surface area contributed by atoms with Gasteiger partial charge in [-0.05, 0) is 58.1 Å². The minimum Gasteiger partial charge on any atom is -0.0736 e. The third-order valence-electron chi connectivity index (χ3n) is 5.74. The highest BCUT2D eigenvalue weighted by molar-refractivity contribution is 5.47. The van der Waals surface area contributed by atoms with Crippen molar-refractivity contribution in [2.45, 2.75) is 55.4 Å². The van der Waals surface area contributed by atoms with Gasteiger partial charge in [0.2, 0.25) is 0 Å². The Kier molecular flexibility index (Phi) is 3.41. The van der Waals surface area contributed by atoms with Gasteiger partial charge in [-0.15, -0.1) is 0 Å². The zero-order chi connectivity index (χ0) is 14.5. The van der Waals surface area contributed by atoms with Crippen molar-refractivity contribution >= 4 is 0 Å². The predicted molar refractivity (Wildman–Crippen MR) is 85.0 cm³/mol. The molecule has 0 aromatic rings. The maximum Gasteiger partial charge on any atom is 0.00455 e. The molecule has 0 heteroatoms. The first kappa shape index (κ1) is 14.4. The van der Waals surface area contributed by atoms with Gasteiger partial charge in [0.1, 0.15) is 0 Å². The van der Waals surface area contributed by atoms with E-state index in [9.17, 15) is 0 Å². The van der Waals surface area contributed by atoms with Crippen LogP contribution in [0, 0.1) is 17.3 Å². The van der Waals surface area contributed by atoms with E-state index < -0.39 is 0 Å². The fourth-order valence-electron chi connectivity index (χ4n) is 3.83. The Bertz CT molecular complexity index is 484. The second kappa shape index (κ2) is 4.51. The lowest BCUT2D eigenvalue weighted by atomic mass is 9.66. The minimum absolute atomic E-state index is 0.256. The second-order valence-corrected chi connectivity index (χ2v) is 7.09. The average Bonchev–Trinajstić information content (AvgIpc) is 2.75. The Morgan fingerprint density at radius 2 is 1.00 bits per heavy atom. The van der Waals surface area contributed by atoms with Gasteiger partial charge in [0.05, 0.1) is 0 Å². The molecule has 2 aliphatic rings. The molecule has 0 amide bonds. The van der Waals surface area contributed by atoms with Gasteiger partial charge < -0.3 is 0 Å². The molecular weight excluding hydrogens is 228 g/mol. The van der Waals surface area contributed by atoms with E-state index in [2.05, 4.69) is 67.5 Å². The smallest absolute Gasteiger partial charge is 0.00455 e. The topological polar surface area (TPSA) is 0 Å². The Morgan fingerprint density at radius 1 is 0.684 bits per heavy atom. The van der Waals surface area contributed by atoms with E-state index in [1.165, 1.54) is 22.3 Å². The quantitative estimate of drug-likeness (QED) is 0.582. The van der Waals surface area contributed by atoms with E-state index in [1.807, 2.05) is 0 Å². The van der Waals surface area contributed by atoms with E-state index in [4.69, 9.17) is 0 Å². The van der Waals surface area contributed by atoms with Crippen LogP contribution in [0.2, 0.25) is 0 Å². The normalized spacial score (nSPS) is 28.2. The Balaban J connectivity index is 2.42. The lowest BCUT2D eigenvalue weighted by molar-refractivity contribution is 0.233. The average molecular weight is 256 g/mol. The van der Waals surface area contributed by atoms with Crippen LogP contribution in [-0.4, -0.2) is 0 Å². The lowest BCUT2D eigenvalue weighted by Gasteiger charge is -2.38. The summed E-state index contributed by atoms with van der Waals surface area (Å²) in [4.78, 5) is 0. The summed E-state index contributed by atoms with van der Waals surface area (Å²) >= 11 is 0. The monoisotopic (exact) mass is 256 g/mol. The lowest BCUT2D eigenvalue weighted by Crippen LogP contribution is -2.31. The van der Waals surface area contributed by atoms with Crippen LogP contribution in [0.5, 0.6) is 0 Å². The minimum atomic E-state index is 0.256. The van der Waals surface area contributed by atoms with Gasteiger partial charge in [0, 0.05) is 11.8 Å². The van der Waals surface area contributed by atoms with Crippen LogP contribution in [0.15, 0.2) is 45.6 Å². The Labute approximate surface area is 119 Å². The number of rotatable bonds is 2. The zero-order valence-electron chi connectivity index (χ0n) is 13.8. The molecule has 0 spiro atoms. The first-order chi connectivity index (χ1) is 8.67. The molecule has 0 aromatic carbocycles. The molecule has 0 radical (unpaired) electrons. The molecule has 0 N–H and O–H groups in total. The molecular formula is C19H28. The third-order valence-corrected chi connectivity index (χ3v) is 5.74. The molecule has 2 rings (SSSR count). The summed E-state index contributed by atoms with van der Waals surface area (Å²) in [7, 11) is 0. The first-order valence-electron chi connectivity index (χ1n) is 7.40. The summed E-state index contributed by atoms with van der Waals surface area (Å²) in [6.07, 6.45) is 4.96. The number of allylic oxidation sites excluding steroid dienone is 8. The molecule has 0 aliphatic heterocycles. The van der Waals surface area contributed by atoms with E-state index in [0.717, 1.165) is 0 Å². The zero-order valence-corrected chi connectivity index (χ0v) is 13.8. The van der Waals surface area contributed by atoms with Crippen molar-refractivity contribution in [1.82, 2.24) is 0 Å². The number of hydrogen-bond acceptors (Lipinski definition) is 0. The van der Waals surface area contributed by atoms with Crippen molar-refractivity contribution in [1.29, 1.82) is 0 Å². The van der Waals surface area contributed by atoms with Gasteiger partial charge in [-0.1, -0.05) is 48.3 Å². The summed E-state index contributed by atoms with van der Waals surface area (Å²) in [6.45, 7) is 18.5. The summed E-state index contributed by atoms with van der Waals surface area (Å²) in [6, 6.07) is 0. The third kappa shape index (κ3) is 2.06. The van der Waals surface area contributed by atoms with E-state index in [-0.39, 0.29) is 5.41 Å². The molecule has 0 saturated heterocycles. The summed E-state index contributed by atoms with van der Waals surface area (Å²) in [5, 5.41) is 0. The van der Waals surface area contributed by atoms with E-state index in [0.29, 0.717) is 11.8 Å². The highest BCUT2D eigenvalue weighted by atomic mass is 14.4. The second-order valence-electron chi connectivity index (χ2n) is 7.09. The van der Waals surface area contributed by atoms with Gasteiger partial charge in [0.25, 0.3) is 0 Å². The van der Waals surface area contributed by atoms with E-state index >= 15 is 0 Å².